The molecule has 0 aliphatic carbocycles. The first-order valence-corrected chi connectivity index (χ1v) is 9.84. The van der Waals surface area contributed by atoms with Crippen molar-refractivity contribution >= 4 is 17.1 Å². The third kappa shape index (κ3) is 4.07. The number of fused-ring (bicyclic) bond motifs is 1. The van der Waals surface area contributed by atoms with Crippen LogP contribution in [-0.4, -0.2) is 68.5 Å². The summed E-state index contributed by atoms with van der Waals surface area (Å²) in [5.74, 6) is -0.207. The monoisotopic (exact) mass is 414 g/mol. The molecule has 1 aliphatic rings. The molecule has 0 radical (unpaired) electrons. The molecule has 0 unspecified atom stereocenters. The molecule has 0 amide bonds. The summed E-state index contributed by atoms with van der Waals surface area (Å²) in [7, 11) is 1.37. The van der Waals surface area contributed by atoms with Gasteiger partial charge in [0.2, 0.25) is 5.95 Å². The fourth-order valence-corrected chi connectivity index (χ4v) is 3.44. The highest BCUT2D eigenvalue weighted by atomic mass is 19.1. The van der Waals surface area contributed by atoms with Crippen molar-refractivity contribution in [2.24, 2.45) is 7.05 Å². The van der Waals surface area contributed by atoms with Gasteiger partial charge in [0.05, 0.1) is 5.69 Å². The van der Waals surface area contributed by atoms with Crippen LogP contribution in [0.4, 0.5) is 10.3 Å². The van der Waals surface area contributed by atoms with Crippen LogP contribution >= 0.6 is 0 Å². The smallest absolute Gasteiger partial charge is 0.337 e. The van der Waals surface area contributed by atoms with Crippen molar-refractivity contribution in [3.8, 4) is 5.69 Å². The quantitative estimate of drug-likeness (QED) is 0.530. The summed E-state index contributed by atoms with van der Waals surface area (Å²) in [5.41, 5.74) is -0.754. The maximum absolute atomic E-state index is 13.3. The predicted molar refractivity (Wildman–Crippen MR) is 111 cm³/mol. The van der Waals surface area contributed by atoms with Crippen LogP contribution in [0.2, 0.25) is 0 Å². The lowest BCUT2D eigenvalue weighted by molar-refractivity contribution is 0.240. The predicted octanol–water partition coefficient (Wildman–Crippen LogP) is -0.279. The standard InChI is InChI=1S/C19H23FN8O2/c1-26-17(29)15-16(28(19(26)30)14-5-3-13(20)4-6-14)24-25-18(23-15)22-7-2-10-27-11-8-21-9-12-27/h3-6,21H,2,7-12H2,1H3,(H,22,23,25). The van der Waals surface area contributed by atoms with Crippen molar-refractivity contribution in [1.82, 2.24) is 34.5 Å². The Morgan fingerprint density at radius 1 is 1.13 bits per heavy atom. The number of aromatic nitrogens is 5. The van der Waals surface area contributed by atoms with E-state index in [1.54, 1.807) is 0 Å². The van der Waals surface area contributed by atoms with Crippen LogP contribution in [-0.2, 0) is 7.05 Å². The lowest BCUT2D eigenvalue weighted by Crippen LogP contribution is -2.44. The summed E-state index contributed by atoms with van der Waals surface area (Å²) in [6, 6.07) is 5.33. The number of nitrogens with zero attached hydrogens (tertiary/aromatic N) is 6. The maximum Gasteiger partial charge on any atom is 0.337 e. The number of piperazine rings is 1. The molecular formula is C19H23FN8O2. The van der Waals surface area contributed by atoms with Gasteiger partial charge in [-0.05, 0) is 37.2 Å². The van der Waals surface area contributed by atoms with E-state index in [1.165, 1.54) is 35.9 Å². The maximum atomic E-state index is 13.3. The number of halogens is 1. The van der Waals surface area contributed by atoms with Gasteiger partial charge in [0.25, 0.3) is 5.56 Å². The van der Waals surface area contributed by atoms with Crippen LogP contribution in [0.15, 0.2) is 33.9 Å². The SMILES string of the molecule is Cn1c(=O)c2nc(NCCCN3CCNCC3)nnc2n(-c2ccc(F)cc2)c1=O. The van der Waals surface area contributed by atoms with Crippen LogP contribution in [0.25, 0.3) is 16.9 Å². The van der Waals surface area contributed by atoms with Gasteiger partial charge in [0.15, 0.2) is 11.2 Å². The lowest BCUT2D eigenvalue weighted by atomic mass is 10.3. The van der Waals surface area contributed by atoms with Gasteiger partial charge >= 0.3 is 5.69 Å². The molecule has 0 atom stereocenters. The fraction of sp³-hybridized carbons (Fsp3) is 0.421. The van der Waals surface area contributed by atoms with Crippen LogP contribution in [0.3, 0.4) is 0 Å². The molecule has 3 heterocycles. The van der Waals surface area contributed by atoms with E-state index in [0.717, 1.165) is 43.7 Å². The second-order valence-electron chi connectivity index (χ2n) is 7.14. The third-order valence-corrected chi connectivity index (χ3v) is 5.09. The highest BCUT2D eigenvalue weighted by Crippen LogP contribution is 2.12. The summed E-state index contributed by atoms with van der Waals surface area (Å²) < 4.78 is 15.4. The second-order valence-corrected chi connectivity index (χ2v) is 7.14. The van der Waals surface area contributed by atoms with Crippen molar-refractivity contribution in [3.05, 3.63) is 50.9 Å². The van der Waals surface area contributed by atoms with Gasteiger partial charge in [-0.2, -0.15) is 0 Å². The zero-order chi connectivity index (χ0) is 21.1. The van der Waals surface area contributed by atoms with E-state index >= 15 is 0 Å². The largest absolute Gasteiger partial charge is 0.353 e. The molecule has 2 N–H and O–H groups in total. The van der Waals surface area contributed by atoms with Crippen LogP contribution in [0.1, 0.15) is 6.42 Å². The highest BCUT2D eigenvalue weighted by molar-refractivity contribution is 5.71. The number of rotatable bonds is 6. The van der Waals surface area contributed by atoms with E-state index < -0.39 is 17.1 Å². The van der Waals surface area contributed by atoms with Crippen molar-refractivity contribution in [3.63, 3.8) is 0 Å². The van der Waals surface area contributed by atoms with Gasteiger partial charge in [0.1, 0.15) is 5.82 Å². The van der Waals surface area contributed by atoms with E-state index in [9.17, 15) is 14.0 Å². The molecule has 1 aliphatic heterocycles. The van der Waals surface area contributed by atoms with Crippen molar-refractivity contribution in [2.75, 3.05) is 44.6 Å². The van der Waals surface area contributed by atoms with E-state index in [0.29, 0.717) is 12.2 Å². The zero-order valence-corrected chi connectivity index (χ0v) is 16.6. The molecule has 2 aromatic heterocycles. The van der Waals surface area contributed by atoms with E-state index in [4.69, 9.17) is 0 Å². The molecule has 10 nitrogen and oxygen atoms in total. The summed E-state index contributed by atoms with van der Waals surface area (Å²) in [5, 5.41) is 14.5. The Morgan fingerprint density at radius 3 is 2.60 bits per heavy atom. The first kappa shape index (κ1) is 20.1. The van der Waals surface area contributed by atoms with Gasteiger partial charge < -0.3 is 15.5 Å². The second kappa shape index (κ2) is 8.67. The average Bonchev–Trinajstić information content (AvgIpc) is 2.77. The van der Waals surface area contributed by atoms with E-state index in [-0.39, 0.29) is 17.1 Å². The summed E-state index contributed by atoms with van der Waals surface area (Å²) in [6.07, 6.45) is 0.897. The molecule has 4 rings (SSSR count). The molecule has 1 fully saturated rings. The summed E-state index contributed by atoms with van der Waals surface area (Å²) >= 11 is 0. The number of benzene rings is 1. The van der Waals surface area contributed by atoms with Crippen LogP contribution < -0.4 is 21.9 Å². The molecule has 0 saturated carbocycles. The van der Waals surface area contributed by atoms with Gasteiger partial charge in [-0.15, -0.1) is 10.2 Å². The van der Waals surface area contributed by atoms with Gasteiger partial charge in [0, 0.05) is 39.8 Å². The van der Waals surface area contributed by atoms with Crippen molar-refractivity contribution in [2.45, 2.75) is 6.42 Å². The number of hydrogen-bond acceptors (Lipinski definition) is 8. The lowest BCUT2D eigenvalue weighted by Gasteiger charge is -2.27. The van der Waals surface area contributed by atoms with Gasteiger partial charge in [-0.3, -0.25) is 9.36 Å². The Kier molecular flexibility index (Phi) is 5.81. The highest BCUT2D eigenvalue weighted by Gasteiger charge is 2.16. The topological polar surface area (TPSA) is 110 Å². The Labute approximate surface area is 171 Å². The molecule has 0 spiro atoms. The van der Waals surface area contributed by atoms with Crippen LogP contribution in [0.5, 0.6) is 0 Å². The molecule has 1 saturated heterocycles. The van der Waals surface area contributed by atoms with Gasteiger partial charge in [-0.25, -0.2) is 18.7 Å². The first-order chi connectivity index (χ1) is 14.5. The minimum absolute atomic E-state index is 0.0148. The van der Waals surface area contributed by atoms with E-state index in [2.05, 4.69) is 30.7 Å². The number of anilines is 1. The molecular weight excluding hydrogens is 391 g/mol. The summed E-state index contributed by atoms with van der Waals surface area (Å²) in [6.45, 7) is 5.67. The fourth-order valence-electron chi connectivity index (χ4n) is 3.44. The molecule has 3 aromatic rings. The van der Waals surface area contributed by atoms with E-state index in [1.807, 2.05) is 0 Å². The number of nitrogens with one attached hydrogen (secondary N) is 2. The Hall–Kier alpha value is -3.18. The zero-order valence-electron chi connectivity index (χ0n) is 16.6. The molecule has 0 bridgehead atoms. The third-order valence-electron chi connectivity index (χ3n) is 5.09. The minimum Gasteiger partial charge on any atom is -0.353 e. The molecule has 158 valence electrons. The van der Waals surface area contributed by atoms with Gasteiger partial charge in [-0.1, -0.05) is 0 Å². The summed E-state index contributed by atoms with van der Waals surface area (Å²) in [4.78, 5) is 31.9. The minimum atomic E-state index is -0.605. The van der Waals surface area contributed by atoms with Crippen molar-refractivity contribution in [1.29, 1.82) is 0 Å². The van der Waals surface area contributed by atoms with Crippen LogP contribution in [0, 0.1) is 5.82 Å². The average molecular weight is 414 g/mol. The molecule has 30 heavy (non-hydrogen) atoms. The number of hydrogen-bond donors (Lipinski definition) is 2. The Balaban J connectivity index is 1.58. The molecule has 11 heteroatoms. The first-order valence-electron chi connectivity index (χ1n) is 9.84. The Bertz CT molecular complexity index is 1150. The normalized spacial score (nSPS) is 14.9. The van der Waals surface area contributed by atoms with Crippen molar-refractivity contribution < 1.29 is 4.39 Å². The molecule has 1 aromatic carbocycles. The Morgan fingerprint density at radius 2 is 1.87 bits per heavy atom.